The fraction of sp³-hybridized carbons (Fsp3) is 0.235. The quantitative estimate of drug-likeness (QED) is 0.533. The number of nitrogens with one attached hydrogen (secondary N) is 1. The molecule has 0 aliphatic heterocycles. The van der Waals surface area contributed by atoms with Gasteiger partial charge < -0.3 is 9.15 Å². The molecule has 11 heteroatoms. The topological polar surface area (TPSA) is 126 Å². The minimum atomic E-state index is -0.530. The summed E-state index contributed by atoms with van der Waals surface area (Å²) in [5, 5.41) is 6.60. The molecular weight excluding hydrogens is 368 g/mol. The Bertz CT molecular complexity index is 1340. The number of oxazole rings is 1. The van der Waals surface area contributed by atoms with Crippen molar-refractivity contribution in [1.29, 1.82) is 0 Å². The highest BCUT2D eigenvalue weighted by atomic mass is 16.5. The summed E-state index contributed by atoms with van der Waals surface area (Å²) in [5.74, 6) is 0.116. The normalized spacial score (nSPS) is 11.2. The van der Waals surface area contributed by atoms with Gasteiger partial charge in [0.25, 0.3) is 5.56 Å². The van der Waals surface area contributed by atoms with Crippen LogP contribution in [-0.2, 0) is 25.4 Å². The predicted molar refractivity (Wildman–Crippen MR) is 99.4 cm³/mol. The molecule has 0 radical (unpaired) electrons. The number of anilines is 1. The fourth-order valence-corrected chi connectivity index (χ4v) is 2.91. The summed E-state index contributed by atoms with van der Waals surface area (Å²) in [7, 11) is 4.44. The van der Waals surface area contributed by atoms with Crippen LogP contribution < -0.4 is 21.3 Å². The third-order valence-corrected chi connectivity index (χ3v) is 4.40. The molecule has 28 heavy (non-hydrogen) atoms. The van der Waals surface area contributed by atoms with Crippen LogP contribution in [0, 0.1) is 0 Å². The number of hydrogen-bond donors (Lipinski definition) is 1. The molecule has 1 aromatic carbocycles. The van der Waals surface area contributed by atoms with Gasteiger partial charge in [-0.2, -0.15) is 10.1 Å². The molecule has 0 spiro atoms. The zero-order valence-electron chi connectivity index (χ0n) is 15.3. The maximum Gasteiger partial charge on any atom is 0.331 e. The molecule has 4 aromatic rings. The number of benzene rings is 1. The average Bonchev–Trinajstić information content (AvgIpc) is 3.27. The van der Waals surface area contributed by atoms with Crippen molar-refractivity contribution in [2.75, 3.05) is 12.4 Å². The standard InChI is InChI=1S/C17H16N6O5/c1-21-11-7-18-23(14(11)15(25)22(2)17(21)26)8-13(24)20-16-19-10-5-4-9(27-3)6-12(10)28-16/h4-7H,8H2,1-3H3,(H,19,20,24). The van der Waals surface area contributed by atoms with E-state index in [9.17, 15) is 14.4 Å². The molecule has 0 aliphatic carbocycles. The Morgan fingerprint density at radius 2 is 2.04 bits per heavy atom. The van der Waals surface area contributed by atoms with E-state index in [1.165, 1.54) is 36.7 Å². The Morgan fingerprint density at radius 1 is 1.25 bits per heavy atom. The number of fused-ring (bicyclic) bond motifs is 2. The molecule has 0 atom stereocenters. The summed E-state index contributed by atoms with van der Waals surface area (Å²) in [6, 6.07) is 5.11. The number of aromatic nitrogens is 5. The Hall–Kier alpha value is -3.89. The van der Waals surface area contributed by atoms with Crippen LogP contribution >= 0.6 is 0 Å². The lowest BCUT2D eigenvalue weighted by Crippen LogP contribution is -2.37. The van der Waals surface area contributed by atoms with Crippen LogP contribution in [0.1, 0.15) is 0 Å². The first-order valence-electron chi connectivity index (χ1n) is 8.25. The summed E-state index contributed by atoms with van der Waals surface area (Å²) in [6.07, 6.45) is 1.37. The first-order valence-corrected chi connectivity index (χ1v) is 8.25. The molecule has 0 saturated carbocycles. The summed E-state index contributed by atoms with van der Waals surface area (Å²) in [6.45, 7) is -0.251. The van der Waals surface area contributed by atoms with Gasteiger partial charge in [-0.15, -0.1) is 0 Å². The molecule has 0 bridgehead atoms. The van der Waals surface area contributed by atoms with Gasteiger partial charge in [-0.25, -0.2) is 9.48 Å². The van der Waals surface area contributed by atoms with E-state index in [0.717, 1.165) is 4.57 Å². The lowest BCUT2D eigenvalue weighted by molar-refractivity contribution is -0.117. The molecule has 1 N–H and O–H groups in total. The van der Waals surface area contributed by atoms with Crippen LogP contribution in [0.25, 0.3) is 22.1 Å². The molecule has 3 heterocycles. The largest absolute Gasteiger partial charge is 0.497 e. The number of rotatable bonds is 4. The maximum absolute atomic E-state index is 12.4. The highest BCUT2D eigenvalue weighted by Gasteiger charge is 2.17. The number of nitrogens with zero attached hydrogens (tertiary/aromatic N) is 5. The predicted octanol–water partition coefficient (Wildman–Crippen LogP) is 0.222. The van der Waals surface area contributed by atoms with Crippen molar-refractivity contribution in [1.82, 2.24) is 23.9 Å². The van der Waals surface area contributed by atoms with Crippen molar-refractivity contribution in [3.8, 4) is 5.75 Å². The third kappa shape index (κ3) is 2.73. The summed E-state index contributed by atoms with van der Waals surface area (Å²) in [5.41, 5.74) is 0.519. The Balaban J connectivity index is 1.62. The average molecular weight is 384 g/mol. The number of ether oxygens (including phenoxy) is 1. The number of hydrogen-bond acceptors (Lipinski definition) is 7. The van der Waals surface area contributed by atoms with Crippen LogP contribution in [0.4, 0.5) is 6.01 Å². The zero-order valence-corrected chi connectivity index (χ0v) is 15.3. The Labute approximate surface area is 156 Å². The van der Waals surface area contributed by atoms with Crippen LogP contribution in [-0.4, -0.2) is 36.9 Å². The summed E-state index contributed by atoms with van der Waals surface area (Å²) in [4.78, 5) is 41.0. The minimum absolute atomic E-state index is 0.0185. The number of carbonyl (C=O) groups is 1. The van der Waals surface area contributed by atoms with Crippen LogP contribution in [0.5, 0.6) is 5.75 Å². The lowest BCUT2D eigenvalue weighted by Gasteiger charge is -2.06. The van der Waals surface area contributed by atoms with Gasteiger partial charge in [-0.05, 0) is 12.1 Å². The molecule has 11 nitrogen and oxygen atoms in total. The van der Waals surface area contributed by atoms with E-state index in [2.05, 4.69) is 15.4 Å². The van der Waals surface area contributed by atoms with Crippen LogP contribution in [0.3, 0.4) is 0 Å². The van der Waals surface area contributed by atoms with Gasteiger partial charge in [0.2, 0.25) is 5.91 Å². The molecule has 144 valence electrons. The van der Waals surface area contributed by atoms with Crippen LogP contribution in [0.15, 0.2) is 38.4 Å². The molecule has 0 aliphatic rings. The van der Waals surface area contributed by atoms with Gasteiger partial charge in [-0.3, -0.25) is 24.0 Å². The number of carbonyl (C=O) groups excluding carboxylic acids is 1. The molecule has 0 unspecified atom stereocenters. The number of aryl methyl sites for hydroxylation is 1. The third-order valence-electron chi connectivity index (χ3n) is 4.40. The second-order valence-electron chi connectivity index (χ2n) is 6.14. The van der Waals surface area contributed by atoms with Gasteiger partial charge in [0.05, 0.1) is 18.8 Å². The van der Waals surface area contributed by atoms with E-state index >= 15 is 0 Å². The molecule has 3 aromatic heterocycles. The van der Waals surface area contributed by atoms with Crippen molar-refractivity contribution in [2.45, 2.75) is 6.54 Å². The van der Waals surface area contributed by atoms with Gasteiger partial charge in [-0.1, -0.05) is 0 Å². The van der Waals surface area contributed by atoms with E-state index in [-0.39, 0.29) is 18.1 Å². The SMILES string of the molecule is COc1ccc2nc(NC(=O)Cn3ncc4c3c(=O)n(C)c(=O)n4C)oc2c1. The smallest absolute Gasteiger partial charge is 0.331 e. The summed E-state index contributed by atoms with van der Waals surface area (Å²) < 4.78 is 14.1. The van der Waals surface area contributed by atoms with Gasteiger partial charge in [0.1, 0.15) is 17.8 Å². The Kier molecular flexibility index (Phi) is 3.99. The first-order chi connectivity index (χ1) is 13.4. The van der Waals surface area contributed by atoms with Crippen molar-refractivity contribution in [3.05, 3.63) is 45.2 Å². The highest BCUT2D eigenvalue weighted by Crippen LogP contribution is 2.23. The molecule has 1 amide bonds. The first kappa shape index (κ1) is 17.5. The molecule has 0 fully saturated rings. The highest BCUT2D eigenvalue weighted by molar-refractivity contribution is 5.90. The van der Waals surface area contributed by atoms with Crippen molar-refractivity contribution >= 4 is 34.1 Å². The second-order valence-corrected chi connectivity index (χ2v) is 6.14. The van der Waals surface area contributed by atoms with Gasteiger partial charge in [0.15, 0.2) is 11.1 Å². The maximum atomic E-state index is 12.4. The van der Waals surface area contributed by atoms with E-state index in [1.807, 2.05) is 0 Å². The molecule has 0 saturated heterocycles. The monoisotopic (exact) mass is 384 g/mol. The zero-order chi connectivity index (χ0) is 20.0. The molecule has 4 rings (SSSR count). The summed E-state index contributed by atoms with van der Waals surface area (Å²) >= 11 is 0. The lowest BCUT2D eigenvalue weighted by atomic mass is 10.3. The van der Waals surface area contributed by atoms with Gasteiger partial charge >= 0.3 is 11.7 Å². The van der Waals surface area contributed by atoms with Crippen LogP contribution in [0.2, 0.25) is 0 Å². The van der Waals surface area contributed by atoms with E-state index in [4.69, 9.17) is 9.15 Å². The van der Waals surface area contributed by atoms with Gasteiger partial charge in [0, 0.05) is 20.2 Å². The van der Waals surface area contributed by atoms with Crippen molar-refractivity contribution in [3.63, 3.8) is 0 Å². The minimum Gasteiger partial charge on any atom is -0.497 e. The fourth-order valence-electron chi connectivity index (χ4n) is 2.91. The number of methoxy groups -OCH3 is 1. The van der Waals surface area contributed by atoms with Crippen molar-refractivity contribution < 1.29 is 13.9 Å². The Morgan fingerprint density at radius 3 is 2.79 bits per heavy atom. The number of amides is 1. The van der Waals surface area contributed by atoms with Crippen molar-refractivity contribution in [2.24, 2.45) is 14.1 Å². The van der Waals surface area contributed by atoms with E-state index in [0.29, 0.717) is 22.4 Å². The second kappa shape index (κ2) is 6.37. The van der Waals surface area contributed by atoms with E-state index < -0.39 is 17.2 Å². The van der Waals surface area contributed by atoms with E-state index in [1.54, 1.807) is 18.2 Å². The molecular formula is C17H16N6O5.